The van der Waals surface area contributed by atoms with E-state index in [0.717, 1.165) is 16.1 Å². The van der Waals surface area contributed by atoms with E-state index in [2.05, 4.69) is 10.3 Å². The Morgan fingerprint density at radius 3 is 2.75 bits per heavy atom. The maximum atomic E-state index is 12.8. The number of nitrogens with zero attached hydrogens (tertiary/aromatic N) is 1. The number of carbonyl (C=O) groups excluding carboxylic acids is 1. The van der Waals surface area contributed by atoms with E-state index in [1.54, 1.807) is 19.1 Å². The molecule has 0 spiro atoms. The number of para-hydroxylation sites is 1. The number of fused-ring (bicyclic) bond motifs is 1. The van der Waals surface area contributed by atoms with Crippen LogP contribution in [0.1, 0.15) is 24.8 Å². The highest BCUT2D eigenvalue weighted by molar-refractivity contribution is 7.71. The summed E-state index contributed by atoms with van der Waals surface area (Å²) in [5, 5.41) is 3.38. The van der Waals surface area contributed by atoms with Gasteiger partial charge in [0, 0.05) is 10.6 Å². The van der Waals surface area contributed by atoms with E-state index >= 15 is 0 Å². The van der Waals surface area contributed by atoms with Crippen molar-refractivity contribution in [3.63, 3.8) is 0 Å². The summed E-state index contributed by atoms with van der Waals surface area (Å²) >= 11 is 6.83. The van der Waals surface area contributed by atoms with Gasteiger partial charge in [0.2, 0.25) is 5.91 Å². The number of thiophene rings is 1. The molecule has 1 atom stereocenters. The summed E-state index contributed by atoms with van der Waals surface area (Å²) in [7, 11) is 0. The molecule has 2 N–H and O–H groups in total. The van der Waals surface area contributed by atoms with Gasteiger partial charge in [-0.05, 0) is 43.8 Å². The number of H-pyrrole nitrogens is 1. The van der Waals surface area contributed by atoms with Crippen molar-refractivity contribution >= 4 is 45.4 Å². The first-order valence-electron chi connectivity index (χ1n) is 7.64. The van der Waals surface area contributed by atoms with Crippen LogP contribution in [0.15, 0.2) is 41.2 Å². The number of hydrogen-bond acceptors (Lipinski definition) is 4. The first-order valence-corrected chi connectivity index (χ1v) is 8.87. The number of aromatic nitrogens is 2. The minimum atomic E-state index is -0.712. The molecule has 24 heavy (non-hydrogen) atoms. The minimum Gasteiger partial charge on any atom is -0.324 e. The van der Waals surface area contributed by atoms with Crippen LogP contribution in [0, 0.1) is 4.77 Å². The molecule has 0 saturated carbocycles. The van der Waals surface area contributed by atoms with Gasteiger partial charge >= 0.3 is 0 Å². The lowest BCUT2D eigenvalue weighted by atomic mass is 10.2. The Kier molecular flexibility index (Phi) is 4.64. The molecule has 7 heteroatoms. The van der Waals surface area contributed by atoms with Gasteiger partial charge in [-0.2, -0.15) is 0 Å². The molecule has 1 aromatic carbocycles. The maximum absolute atomic E-state index is 12.8. The lowest BCUT2D eigenvalue weighted by Gasteiger charge is -2.15. The van der Waals surface area contributed by atoms with Gasteiger partial charge in [0.1, 0.15) is 10.9 Å². The Morgan fingerprint density at radius 1 is 1.38 bits per heavy atom. The van der Waals surface area contributed by atoms with Crippen LogP contribution >= 0.6 is 23.6 Å². The van der Waals surface area contributed by atoms with Crippen molar-refractivity contribution in [3.05, 3.63) is 56.4 Å². The van der Waals surface area contributed by atoms with Crippen molar-refractivity contribution in [2.75, 3.05) is 5.32 Å². The van der Waals surface area contributed by atoms with Crippen molar-refractivity contribution in [1.29, 1.82) is 0 Å². The molecule has 2 heterocycles. The fourth-order valence-electron chi connectivity index (χ4n) is 2.48. The summed E-state index contributed by atoms with van der Waals surface area (Å²) in [6, 6.07) is 10.3. The molecular weight excluding hydrogens is 342 g/mol. The Labute approximate surface area is 148 Å². The van der Waals surface area contributed by atoms with Crippen molar-refractivity contribution in [1.82, 2.24) is 9.55 Å². The van der Waals surface area contributed by atoms with Gasteiger partial charge in [0.15, 0.2) is 4.77 Å². The predicted octanol–water partition coefficient (Wildman–Crippen LogP) is 3.88. The van der Waals surface area contributed by atoms with Crippen LogP contribution in [0.25, 0.3) is 10.2 Å². The second kappa shape index (κ2) is 6.70. The van der Waals surface area contributed by atoms with E-state index in [9.17, 15) is 9.59 Å². The van der Waals surface area contributed by atoms with Gasteiger partial charge in [-0.1, -0.05) is 25.1 Å². The minimum absolute atomic E-state index is 0.236. The number of benzene rings is 1. The molecule has 3 rings (SSSR count). The van der Waals surface area contributed by atoms with Crippen LogP contribution in [0.5, 0.6) is 0 Å². The second-order valence-electron chi connectivity index (χ2n) is 5.45. The number of rotatable bonds is 4. The third-order valence-corrected chi connectivity index (χ3v) is 5.32. The number of anilines is 1. The molecule has 124 valence electrons. The zero-order valence-corrected chi connectivity index (χ0v) is 15.0. The average molecular weight is 359 g/mol. The number of carbonyl (C=O) groups is 1. The summed E-state index contributed by atoms with van der Waals surface area (Å²) in [5.41, 5.74) is 0.447. The van der Waals surface area contributed by atoms with E-state index in [0.29, 0.717) is 11.1 Å². The highest BCUT2D eigenvalue weighted by Crippen LogP contribution is 2.22. The fraction of sp³-hybridized carbons (Fsp3) is 0.235. The summed E-state index contributed by atoms with van der Waals surface area (Å²) in [5.74, 6) is -0.284. The molecule has 0 aliphatic rings. The number of amides is 1. The van der Waals surface area contributed by atoms with Gasteiger partial charge in [-0.3, -0.25) is 14.2 Å². The van der Waals surface area contributed by atoms with Gasteiger partial charge in [-0.25, -0.2) is 0 Å². The molecule has 0 aliphatic heterocycles. The highest BCUT2D eigenvalue weighted by Gasteiger charge is 2.20. The average Bonchev–Trinajstić information content (AvgIpc) is 2.99. The molecule has 3 aromatic rings. The summed E-state index contributed by atoms with van der Waals surface area (Å²) in [6.45, 7) is 3.70. The maximum Gasteiger partial charge on any atom is 0.263 e. The second-order valence-corrected chi connectivity index (χ2v) is 6.97. The Bertz CT molecular complexity index is 1000. The van der Waals surface area contributed by atoms with Crippen molar-refractivity contribution in [2.45, 2.75) is 26.3 Å². The number of hydrogen-bond donors (Lipinski definition) is 2. The van der Waals surface area contributed by atoms with Gasteiger partial charge in [0.05, 0.1) is 5.39 Å². The fourth-order valence-corrected chi connectivity index (χ4v) is 3.88. The monoisotopic (exact) mass is 359 g/mol. The van der Waals surface area contributed by atoms with E-state index in [4.69, 9.17) is 12.2 Å². The van der Waals surface area contributed by atoms with Crippen LogP contribution in [0.2, 0.25) is 0 Å². The lowest BCUT2D eigenvalue weighted by molar-refractivity contribution is -0.118. The molecule has 0 fully saturated rings. The number of aromatic amines is 1. The quantitative estimate of drug-likeness (QED) is 0.695. The first kappa shape index (κ1) is 16.6. The molecule has 5 nitrogen and oxygen atoms in total. The molecule has 0 bridgehead atoms. The summed E-state index contributed by atoms with van der Waals surface area (Å²) in [6.07, 6.45) is 0.851. The van der Waals surface area contributed by atoms with Gasteiger partial charge in [0.25, 0.3) is 5.56 Å². The van der Waals surface area contributed by atoms with E-state index in [1.807, 2.05) is 31.2 Å². The van der Waals surface area contributed by atoms with Gasteiger partial charge < -0.3 is 10.3 Å². The third-order valence-electron chi connectivity index (χ3n) is 3.83. The largest absolute Gasteiger partial charge is 0.324 e. The normalized spacial score (nSPS) is 12.2. The topological polar surface area (TPSA) is 66.9 Å². The number of aryl methyl sites for hydroxylation is 1. The standard InChI is InChI=1S/C17H17N3O2S2/c1-3-12-9-13-15(24-12)19-17(23)20(16(13)22)10(2)14(21)18-11-7-5-4-6-8-11/h4-10H,3H2,1-2H3,(H,18,21)(H,19,23). The van der Waals surface area contributed by atoms with Crippen LogP contribution < -0.4 is 10.9 Å². The van der Waals surface area contributed by atoms with Crippen molar-refractivity contribution in [2.24, 2.45) is 0 Å². The zero-order valence-electron chi connectivity index (χ0n) is 13.3. The van der Waals surface area contributed by atoms with Crippen molar-refractivity contribution < 1.29 is 4.79 Å². The smallest absolute Gasteiger partial charge is 0.263 e. The molecule has 0 saturated heterocycles. The van der Waals surface area contributed by atoms with E-state index in [1.165, 1.54) is 15.9 Å². The Balaban J connectivity index is 2.00. The Morgan fingerprint density at radius 2 is 2.08 bits per heavy atom. The van der Waals surface area contributed by atoms with Crippen LogP contribution in [0.3, 0.4) is 0 Å². The third kappa shape index (κ3) is 3.05. The van der Waals surface area contributed by atoms with Crippen molar-refractivity contribution in [3.8, 4) is 0 Å². The first-order chi connectivity index (χ1) is 11.5. The lowest BCUT2D eigenvalue weighted by Crippen LogP contribution is -2.32. The highest BCUT2D eigenvalue weighted by atomic mass is 32.1. The molecule has 2 aromatic heterocycles. The van der Waals surface area contributed by atoms with Gasteiger partial charge in [-0.15, -0.1) is 11.3 Å². The number of nitrogens with one attached hydrogen (secondary N) is 2. The van der Waals surface area contributed by atoms with Crippen LogP contribution in [-0.4, -0.2) is 15.5 Å². The Hall–Kier alpha value is -2.25. The SMILES string of the molecule is CCc1cc2c(=O)n(C(C)C(=O)Nc3ccccc3)c(=S)[nH]c2s1. The summed E-state index contributed by atoms with van der Waals surface area (Å²) in [4.78, 5) is 30.2. The summed E-state index contributed by atoms with van der Waals surface area (Å²) < 4.78 is 1.59. The zero-order chi connectivity index (χ0) is 17.3. The molecule has 1 amide bonds. The molecule has 0 radical (unpaired) electrons. The molecule has 0 aliphatic carbocycles. The van der Waals surface area contributed by atoms with Crippen LogP contribution in [0.4, 0.5) is 5.69 Å². The molecule has 1 unspecified atom stereocenters. The molecular formula is C17H17N3O2S2. The van der Waals surface area contributed by atoms with Crippen LogP contribution in [-0.2, 0) is 11.2 Å². The van der Waals surface area contributed by atoms with E-state index in [-0.39, 0.29) is 16.2 Å². The predicted molar refractivity (Wildman–Crippen MR) is 100 cm³/mol. The van der Waals surface area contributed by atoms with E-state index < -0.39 is 6.04 Å².